The van der Waals surface area contributed by atoms with Crippen molar-refractivity contribution in [2.75, 3.05) is 5.32 Å². The molecule has 2 aromatic heterocycles. The number of nitrogens with one attached hydrogen (secondary N) is 1. The van der Waals surface area contributed by atoms with Crippen LogP contribution >= 0.6 is 27.3 Å². The lowest BCUT2D eigenvalue weighted by atomic mass is 10.1. The van der Waals surface area contributed by atoms with Crippen LogP contribution in [0.25, 0.3) is 20.7 Å². The molecule has 0 aliphatic carbocycles. The number of nitrogens with zero attached hydrogens (tertiary/aromatic N) is 1. The SMILES string of the molecule is Cc1ccc2c(NC(=O)OC(C)c3ccccc3)c(-c3ccc(Br)cc3)sc2n1. The van der Waals surface area contributed by atoms with Gasteiger partial charge in [-0.1, -0.05) is 58.4 Å². The van der Waals surface area contributed by atoms with Gasteiger partial charge in [-0.05, 0) is 49.2 Å². The number of benzene rings is 2. The Bertz CT molecular complexity index is 1160. The molecule has 0 radical (unpaired) electrons. The summed E-state index contributed by atoms with van der Waals surface area (Å²) in [6, 6.07) is 21.6. The van der Waals surface area contributed by atoms with Gasteiger partial charge in [0.25, 0.3) is 0 Å². The molecule has 0 spiro atoms. The lowest BCUT2D eigenvalue weighted by Gasteiger charge is -2.15. The van der Waals surface area contributed by atoms with Crippen LogP contribution in [-0.2, 0) is 4.74 Å². The number of pyridine rings is 1. The Hall–Kier alpha value is -2.70. The maximum atomic E-state index is 12.7. The summed E-state index contributed by atoms with van der Waals surface area (Å²) in [5.74, 6) is 0. The second kappa shape index (κ2) is 8.35. The van der Waals surface area contributed by atoms with E-state index in [0.717, 1.165) is 42.1 Å². The fourth-order valence-electron chi connectivity index (χ4n) is 3.08. The predicted octanol–water partition coefficient (Wildman–Crippen LogP) is 7.34. The van der Waals surface area contributed by atoms with Crippen molar-refractivity contribution in [3.8, 4) is 10.4 Å². The number of carbonyl (C=O) groups is 1. The van der Waals surface area contributed by atoms with E-state index < -0.39 is 6.09 Å². The Balaban J connectivity index is 1.67. The average Bonchev–Trinajstić information content (AvgIpc) is 3.06. The van der Waals surface area contributed by atoms with Crippen LogP contribution in [0.2, 0.25) is 0 Å². The van der Waals surface area contributed by atoms with E-state index >= 15 is 0 Å². The summed E-state index contributed by atoms with van der Waals surface area (Å²) in [5.41, 5.74) is 3.63. The summed E-state index contributed by atoms with van der Waals surface area (Å²) in [6.07, 6.45) is -0.836. The van der Waals surface area contributed by atoms with E-state index in [-0.39, 0.29) is 6.10 Å². The summed E-state index contributed by atoms with van der Waals surface area (Å²) in [7, 11) is 0. The number of anilines is 1. The number of aromatic nitrogens is 1. The molecule has 4 rings (SSSR count). The fraction of sp³-hybridized carbons (Fsp3) is 0.130. The predicted molar refractivity (Wildman–Crippen MR) is 122 cm³/mol. The third-order valence-electron chi connectivity index (χ3n) is 4.58. The van der Waals surface area contributed by atoms with Gasteiger partial charge in [-0.3, -0.25) is 5.32 Å². The minimum atomic E-state index is -0.486. The zero-order valence-electron chi connectivity index (χ0n) is 16.0. The molecule has 2 aromatic carbocycles. The molecule has 1 unspecified atom stereocenters. The minimum absolute atomic E-state index is 0.349. The molecule has 0 aliphatic heterocycles. The van der Waals surface area contributed by atoms with Gasteiger partial charge < -0.3 is 4.74 Å². The van der Waals surface area contributed by atoms with E-state index in [1.54, 1.807) is 11.3 Å². The van der Waals surface area contributed by atoms with Crippen molar-refractivity contribution >= 4 is 49.3 Å². The summed E-state index contributed by atoms with van der Waals surface area (Å²) in [5, 5.41) is 3.87. The van der Waals surface area contributed by atoms with Crippen molar-refractivity contribution in [1.29, 1.82) is 0 Å². The van der Waals surface area contributed by atoms with Crippen LogP contribution < -0.4 is 5.32 Å². The second-order valence-electron chi connectivity index (χ2n) is 6.70. The standard InChI is InChI=1S/C23H19BrN2O2S/c1-14-8-13-19-20(26-23(27)28-15(2)16-6-4-3-5-7-16)21(29-22(19)25-14)17-9-11-18(24)12-10-17/h3-13,15H,1-2H3,(H,26,27). The average molecular weight is 467 g/mol. The van der Waals surface area contributed by atoms with Crippen LogP contribution in [0.3, 0.4) is 0 Å². The Morgan fingerprint density at radius 2 is 1.79 bits per heavy atom. The smallest absolute Gasteiger partial charge is 0.412 e. The van der Waals surface area contributed by atoms with Gasteiger partial charge in [0.1, 0.15) is 10.9 Å². The van der Waals surface area contributed by atoms with E-state index in [9.17, 15) is 4.79 Å². The number of ether oxygens (including phenoxy) is 1. The van der Waals surface area contributed by atoms with Crippen LogP contribution in [0.1, 0.15) is 24.3 Å². The molecular weight excluding hydrogens is 448 g/mol. The number of halogens is 1. The molecule has 0 fully saturated rings. The Morgan fingerprint density at radius 1 is 1.07 bits per heavy atom. The van der Waals surface area contributed by atoms with Crippen molar-refractivity contribution in [3.05, 3.63) is 82.5 Å². The molecule has 1 atom stereocenters. The highest BCUT2D eigenvalue weighted by molar-refractivity contribution is 9.10. The topological polar surface area (TPSA) is 51.2 Å². The van der Waals surface area contributed by atoms with Gasteiger partial charge in [-0.25, -0.2) is 9.78 Å². The van der Waals surface area contributed by atoms with E-state index in [1.807, 2.05) is 80.6 Å². The number of rotatable bonds is 4. The number of hydrogen-bond acceptors (Lipinski definition) is 4. The van der Waals surface area contributed by atoms with Gasteiger partial charge in [0.15, 0.2) is 0 Å². The third-order valence-corrected chi connectivity index (χ3v) is 6.26. The first-order chi connectivity index (χ1) is 14.0. The maximum absolute atomic E-state index is 12.7. The van der Waals surface area contributed by atoms with Crippen LogP contribution in [0.4, 0.5) is 10.5 Å². The van der Waals surface area contributed by atoms with Crippen LogP contribution in [0.15, 0.2) is 71.2 Å². The molecular formula is C23H19BrN2O2S. The molecule has 0 aliphatic rings. The molecule has 2 heterocycles. The molecule has 29 heavy (non-hydrogen) atoms. The number of hydrogen-bond donors (Lipinski definition) is 1. The number of amides is 1. The number of aryl methyl sites for hydroxylation is 1. The van der Waals surface area contributed by atoms with Crippen LogP contribution in [-0.4, -0.2) is 11.1 Å². The van der Waals surface area contributed by atoms with E-state index in [4.69, 9.17) is 4.74 Å². The maximum Gasteiger partial charge on any atom is 0.412 e. The van der Waals surface area contributed by atoms with Gasteiger partial charge >= 0.3 is 6.09 Å². The molecule has 4 aromatic rings. The molecule has 0 bridgehead atoms. The van der Waals surface area contributed by atoms with Gasteiger partial charge in [0.2, 0.25) is 0 Å². The Labute approximate surface area is 181 Å². The number of thiophene rings is 1. The molecule has 6 heteroatoms. The van der Waals surface area contributed by atoms with Crippen molar-refractivity contribution in [2.24, 2.45) is 0 Å². The van der Waals surface area contributed by atoms with Crippen LogP contribution in [0, 0.1) is 6.92 Å². The number of fused-ring (bicyclic) bond motifs is 1. The van der Waals surface area contributed by atoms with Crippen molar-refractivity contribution in [3.63, 3.8) is 0 Å². The largest absolute Gasteiger partial charge is 0.441 e. The quantitative estimate of drug-likeness (QED) is 0.342. The van der Waals surface area contributed by atoms with Gasteiger partial charge in [-0.2, -0.15) is 0 Å². The fourth-order valence-corrected chi connectivity index (χ4v) is 4.53. The first-order valence-electron chi connectivity index (χ1n) is 9.20. The Kier molecular flexibility index (Phi) is 5.65. The summed E-state index contributed by atoms with van der Waals surface area (Å²) in [4.78, 5) is 19.2. The van der Waals surface area contributed by atoms with Crippen molar-refractivity contribution < 1.29 is 9.53 Å². The molecule has 4 nitrogen and oxygen atoms in total. The normalized spacial score (nSPS) is 12.0. The van der Waals surface area contributed by atoms with E-state index in [2.05, 4.69) is 26.2 Å². The van der Waals surface area contributed by atoms with Gasteiger partial charge in [-0.15, -0.1) is 11.3 Å². The molecule has 0 saturated carbocycles. The lowest BCUT2D eigenvalue weighted by Crippen LogP contribution is -2.16. The van der Waals surface area contributed by atoms with E-state index in [1.165, 1.54) is 0 Å². The molecule has 0 saturated heterocycles. The zero-order chi connectivity index (χ0) is 20.4. The van der Waals surface area contributed by atoms with Crippen molar-refractivity contribution in [1.82, 2.24) is 4.98 Å². The third kappa shape index (κ3) is 4.33. The molecule has 1 N–H and O–H groups in total. The first kappa shape index (κ1) is 19.6. The van der Waals surface area contributed by atoms with Crippen LogP contribution in [0.5, 0.6) is 0 Å². The molecule has 1 amide bonds. The highest BCUT2D eigenvalue weighted by Crippen LogP contribution is 2.42. The second-order valence-corrected chi connectivity index (χ2v) is 8.62. The Morgan fingerprint density at radius 3 is 2.52 bits per heavy atom. The van der Waals surface area contributed by atoms with Crippen molar-refractivity contribution in [2.45, 2.75) is 20.0 Å². The first-order valence-corrected chi connectivity index (χ1v) is 10.8. The summed E-state index contributed by atoms with van der Waals surface area (Å²) >= 11 is 5.03. The monoisotopic (exact) mass is 466 g/mol. The van der Waals surface area contributed by atoms with E-state index in [0.29, 0.717) is 0 Å². The highest BCUT2D eigenvalue weighted by Gasteiger charge is 2.19. The zero-order valence-corrected chi connectivity index (χ0v) is 18.4. The summed E-state index contributed by atoms with van der Waals surface area (Å²) in [6.45, 7) is 3.82. The lowest BCUT2D eigenvalue weighted by molar-refractivity contribution is 0.121. The van der Waals surface area contributed by atoms with Gasteiger partial charge in [0.05, 0.1) is 10.6 Å². The summed E-state index contributed by atoms with van der Waals surface area (Å²) < 4.78 is 6.62. The number of carbonyl (C=O) groups excluding carboxylic acids is 1. The molecule has 146 valence electrons. The minimum Gasteiger partial charge on any atom is -0.441 e. The highest BCUT2D eigenvalue weighted by atomic mass is 79.9. The van der Waals surface area contributed by atoms with Gasteiger partial charge in [0, 0.05) is 15.6 Å².